The van der Waals surface area contributed by atoms with Gasteiger partial charge in [-0.1, -0.05) is 65.4 Å². The van der Waals surface area contributed by atoms with E-state index in [0.29, 0.717) is 37.1 Å². The van der Waals surface area contributed by atoms with E-state index in [4.69, 9.17) is 20.8 Å². The molecule has 0 N–H and O–H groups in total. The zero-order valence-electron chi connectivity index (χ0n) is 18.3. The van der Waals surface area contributed by atoms with Crippen LogP contribution in [0.4, 0.5) is 0 Å². The van der Waals surface area contributed by atoms with Crippen molar-refractivity contribution < 1.29 is 13.9 Å². The third-order valence-corrected chi connectivity index (χ3v) is 6.77. The van der Waals surface area contributed by atoms with Crippen LogP contribution in [0, 0.1) is 0 Å². The molecule has 0 saturated heterocycles. The number of thiazole rings is 1. The molecule has 6 nitrogen and oxygen atoms in total. The minimum atomic E-state index is -0.634. The Morgan fingerprint density at radius 1 is 1.15 bits per heavy atom. The highest BCUT2D eigenvalue weighted by atomic mass is 35.5. The highest BCUT2D eigenvalue weighted by Gasteiger charge is 2.32. The van der Waals surface area contributed by atoms with E-state index in [1.807, 2.05) is 54.6 Å². The molecule has 34 heavy (non-hydrogen) atoms. The van der Waals surface area contributed by atoms with Crippen LogP contribution in [0.3, 0.4) is 0 Å². The van der Waals surface area contributed by atoms with E-state index < -0.39 is 12.0 Å². The smallest absolute Gasteiger partial charge is 0.338 e. The van der Waals surface area contributed by atoms with Gasteiger partial charge in [0, 0.05) is 16.7 Å². The van der Waals surface area contributed by atoms with Crippen LogP contribution < -0.4 is 14.9 Å². The second-order valence-corrected chi connectivity index (χ2v) is 9.14. The standard InChI is InChI=1S/C26H19ClN2O4S/c1-15-22(25(31)32-2)23(16-7-4-3-5-8-16)29-24(30)21(34-26(29)28-15)14-19-11-12-20(33-19)17-9-6-10-18(27)13-17/h3-14,23H,1-2H3. The third-order valence-electron chi connectivity index (χ3n) is 5.55. The molecule has 2 aromatic heterocycles. The Labute approximate surface area is 203 Å². The van der Waals surface area contributed by atoms with Gasteiger partial charge in [-0.2, -0.15) is 0 Å². The number of furan rings is 1. The van der Waals surface area contributed by atoms with Gasteiger partial charge >= 0.3 is 5.97 Å². The van der Waals surface area contributed by atoms with Crippen LogP contribution in [-0.2, 0) is 9.53 Å². The number of halogens is 1. The molecule has 1 aliphatic heterocycles. The van der Waals surface area contributed by atoms with Crippen LogP contribution in [0.15, 0.2) is 92.2 Å². The second-order valence-electron chi connectivity index (χ2n) is 7.70. The Morgan fingerprint density at radius 3 is 2.68 bits per heavy atom. The van der Waals surface area contributed by atoms with Crippen molar-refractivity contribution >= 4 is 35.0 Å². The maximum absolute atomic E-state index is 13.5. The molecule has 1 atom stereocenters. The number of allylic oxidation sites excluding steroid dienone is 1. The fraction of sp³-hybridized carbons (Fsp3) is 0.115. The number of aromatic nitrogens is 1. The van der Waals surface area contributed by atoms with Crippen LogP contribution in [-0.4, -0.2) is 17.6 Å². The number of hydrogen-bond donors (Lipinski definition) is 0. The van der Waals surface area contributed by atoms with E-state index in [1.54, 1.807) is 29.7 Å². The van der Waals surface area contributed by atoms with Crippen molar-refractivity contribution in [3.05, 3.63) is 114 Å². The molecule has 0 fully saturated rings. The van der Waals surface area contributed by atoms with E-state index in [0.717, 1.165) is 11.1 Å². The maximum Gasteiger partial charge on any atom is 0.338 e. The van der Waals surface area contributed by atoms with Crippen molar-refractivity contribution in [1.82, 2.24) is 4.57 Å². The zero-order chi connectivity index (χ0) is 23.8. The van der Waals surface area contributed by atoms with Gasteiger partial charge in [0.25, 0.3) is 5.56 Å². The molecule has 0 saturated carbocycles. The number of ether oxygens (including phenoxy) is 1. The van der Waals surface area contributed by atoms with Gasteiger partial charge in [-0.3, -0.25) is 9.36 Å². The van der Waals surface area contributed by atoms with Crippen molar-refractivity contribution in [2.45, 2.75) is 13.0 Å². The van der Waals surface area contributed by atoms with Gasteiger partial charge in [-0.15, -0.1) is 0 Å². The lowest BCUT2D eigenvalue weighted by Crippen LogP contribution is -2.39. The van der Waals surface area contributed by atoms with Crippen LogP contribution in [0.2, 0.25) is 5.02 Å². The van der Waals surface area contributed by atoms with E-state index in [-0.39, 0.29) is 5.56 Å². The average Bonchev–Trinajstić information content (AvgIpc) is 3.43. The highest BCUT2D eigenvalue weighted by molar-refractivity contribution is 7.07. The molecule has 0 aliphatic carbocycles. The van der Waals surface area contributed by atoms with Crippen LogP contribution in [0.25, 0.3) is 17.4 Å². The summed E-state index contributed by atoms with van der Waals surface area (Å²) in [7, 11) is 1.32. The SMILES string of the molecule is COC(=O)C1=C(C)N=c2sc(=Cc3ccc(-c4cccc(Cl)c4)o3)c(=O)n2C1c1ccccc1. The number of benzene rings is 2. The molecule has 1 unspecified atom stereocenters. The zero-order valence-corrected chi connectivity index (χ0v) is 19.9. The quantitative estimate of drug-likeness (QED) is 0.399. The van der Waals surface area contributed by atoms with E-state index in [2.05, 4.69) is 4.99 Å². The lowest BCUT2D eigenvalue weighted by Gasteiger charge is -2.24. The number of fused-ring (bicyclic) bond motifs is 1. The first-order valence-electron chi connectivity index (χ1n) is 10.5. The average molecular weight is 491 g/mol. The van der Waals surface area contributed by atoms with Gasteiger partial charge in [0.05, 0.1) is 29.0 Å². The number of esters is 1. The number of carbonyl (C=O) groups is 1. The van der Waals surface area contributed by atoms with Crippen molar-refractivity contribution in [1.29, 1.82) is 0 Å². The minimum Gasteiger partial charge on any atom is -0.466 e. The highest BCUT2D eigenvalue weighted by Crippen LogP contribution is 2.30. The number of carbonyl (C=O) groups excluding carboxylic acids is 1. The van der Waals surface area contributed by atoms with Gasteiger partial charge in [-0.05, 0) is 36.8 Å². The van der Waals surface area contributed by atoms with E-state index in [1.165, 1.54) is 18.4 Å². The number of hydrogen-bond acceptors (Lipinski definition) is 6. The Kier molecular flexibility index (Phi) is 5.81. The number of rotatable bonds is 4. The summed E-state index contributed by atoms with van der Waals surface area (Å²) in [5.74, 6) is 0.662. The normalized spacial score (nSPS) is 15.7. The summed E-state index contributed by atoms with van der Waals surface area (Å²) in [5, 5.41) is 0.612. The molecule has 2 aromatic carbocycles. The minimum absolute atomic E-state index is 0.257. The topological polar surface area (TPSA) is 73.8 Å². The van der Waals surface area contributed by atoms with Gasteiger partial charge in [0.15, 0.2) is 4.80 Å². The fourth-order valence-corrected chi connectivity index (χ4v) is 5.22. The molecule has 0 radical (unpaired) electrons. The van der Waals surface area contributed by atoms with Gasteiger partial charge in [0.2, 0.25) is 0 Å². The molecule has 1 aliphatic rings. The molecule has 170 valence electrons. The monoisotopic (exact) mass is 490 g/mol. The van der Waals surface area contributed by atoms with Crippen LogP contribution >= 0.6 is 22.9 Å². The summed E-state index contributed by atoms with van der Waals surface area (Å²) in [6.45, 7) is 1.75. The summed E-state index contributed by atoms with van der Waals surface area (Å²) in [4.78, 5) is 31.3. The number of methoxy groups -OCH3 is 1. The maximum atomic E-state index is 13.5. The molecular formula is C26H19ClN2O4S. The lowest BCUT2D eigenvalue weighted by atomic mass is 9.96. The summed E-state index contributed by atoms with van der Waals surface area (Å²) in [6, 6.07) is 19.8. The molecule has 0 spiro atoms. The Morgan fingerprint density at radius 2 is 1.94 bits per heavy atom. The Hall–Kier alpha value is -3.68. The molecular weight excluding hydrogens is 472 g/mol. The third kappa shape index (κ3) is 3.93. The second kappa shape index (κ2) is 8.93. The largest absolute Gasteiger partial charge is 0.466 e. The molecule has 0 amide bonds. The van der Waals surface area contributed by atoms with Gasteiger partial charge in [-0.25, -0.2) is 9.79 Å². The lowest BCUT2D eigenvalue weighted by molar-refractivity contribution is -0.136. The van der Waals surface area contributed by atoms with Crippen LogP contribution in [0.5, 0.6) is 0 Å². The molecule has 0 bridgehead atoms. The molecule has 3 heterocycles. The summed E-state index contributed by atoms with van der Waals surface area (Å²) in [6.07, 6.45) is 1.69. The Balaban J connectivity index is 1.64. The summed E-state index contributed by atoms with van der Waals surface area (Å²) in [5.41, 5.74) is 2.25. The first kappa shape index (κ1) is 22.1. The van der Waals surface area contributed by atoms with Crippen molar-refractivity contribution in [2.24, 2.45) is 4.99 Å². The van der Waals surface area contributed by atoms with Crippen molar-refractivity contribution in [3.8, 4) is 11.3 Å². The van der Waals surface area contributed by atoms with Gasteiger partial charge in [0.1, 0.15) is 11.5 Å². The fourth-order valence-electron chi connectivity index (χ4n) is 4.00. The summed E-state index contributed by atoms with van der Waals surface area (Å²) >= 11 is 7.34. The first-order chi connectivity index (χ1) is 16.5. The van der Waals surface area contributed by atoms with Gasteiger partial charge < -0.3 is 9.15 Å². The van der Waals surface area contributed by atoms with E-state index >= 15 is 0 Å². The summed E-state index contributed by atoms with van der Waals surface area (Å²) < 4.78 is 13.0. The predicted octanol–water partition coefficient (Wildman–Crippen LogP) is 4.32. The van der Waals surface area contributed by atoms with Crippen molar-refractivity contribution in [3.63, 3.8) is 0 Å². The number of nitrogens with zero attached hydrogens (tertiary/aromatic N) is 2. The molecule has 5 rings (SSSR count). The van der Waals surface area contributed by atoms with E-state index in [9.17, 15) is 9.59 Å². The van der Waals surface area contributed by atoms with Crippen LogP contribution in [0.1, 0.15) is 24.3 Å². The molecule has 8 heteroatoms. The first-order valence-corrected chi connectivity index (χ1v) is 11.7. The molecule has 4 aromatic rings. The Bertz CT molecular complexity index is 1610. The predicted molar refractivity (Wildman–Crippen MR) is 131 cm³/mol. The van der Waals surface area contributed by atoms with Crippen molar-refractivity contribution in [2.75, 3.05) is 7.11 Å².